The van der Waals surface area contributed by atoms with Gasteiger partial charge in [-0.3, -0.25) is 4.79 Å². The van der Waals surface area contributed by atoms with E-state index >= 15 is 0 Å². The Balaban J connectivity index is 2.66. The third-order valence-electron chi connectivity index (χ3n) is 3.93. The van der Waals surface area contributed by atoms with Crippen molar-refractivity contribution >= 4 is 5.91 Å². The van der Waals surface area contributed by atoms with E-state index in [4.69, 9.17) is 10.8 Å². The van der Waals surface area contributed by atoms with Crippen molar-refractivity contribution < 1.29 is 9.90 Å². The van der Waals surface area contributed by atoms with Gasteiger partial charge < -0.3 is 20.6 Å². The van der Waals surface area contributed by atoms with Crippen LogP contribution in [0.2, 0.25) is 0 Å². The summed E-state index contributed by atoms with van der Waals surface area (Å²) in [5.74, 6) is -0.107. The van der Waals surface area contributed by atoms with E-state index < -0.39 is 0 Å². The van der Waals surface area contributed by atoms with Crippen molar-refractivity contribution in [3.8, 4) is 0 Å². The van der Waals surface area contributed by atoms with E-state index in [-0.39, 0.29) is 30.5 Å². The first-order chi connectivity index (χ1) is 8.47. The zero-order chi connectivity index (χ0) is 13.7. The molecule has 3 N–H and O–H groups in total. The SMILES string of the molecule is CC(N)C(C)C(=O)N(CCO)C1CCN(C)CC1. The van der Waals surface area contributed by atoms with E-state index in [2.05, 4.69) is 11.9 Å². The predicted octanol–water partition coefficient (Wildman–Crippen LogP) is -0.115. The maximum atomic E-state index is 12.4. The number of carbonyl (C=O) groups is 1. The normalized spacial score (nSPS) is 21.6. The maximum absolute atomic E-state index is 12.4. The Morgan fingerprint density at radius 2 is 2.00 bits per heavy atom. The van der Waals surface area contributed by atoms with Crippen molar-refractivity contribution in [2.75, 3.05) is 33.3 Å². The van der Waals surface area contributed by atoms with Gasteiger partial charge in [-0.25, -0.2) is 0 Å². The number of hydrogen-bond acceptors (Lipinski definition) is 4. The molecule has 0 aromatic carbocycles. The zero-order valence-corrected chi connectivity index (χ0v) is 11.8. The minimum Gasteiger partial charge on any atom is -0.395 e. The Morgan fingerprint density at radius 3 is 2.44 bits per heavy atom. The van der Waals surface area contributed by atoms with Crippen molar-refractivity contribution in [1.29, 1.82) is 0 Å². The van der Waals surface area contributed by atoms with E-state index in [1.165, 1.54) is 0 Å². The highest BCUT2D eigenvalue weighted by Gasteiger charge is 2.30. The highest BCUT2D eigenvalue weighted by atomic mass is 16.3. The van der Waals surface area contributed by atoms with Gasteiger partial charge in [0.15, 0.2) is 0 Å². The third-order valence-corrected chi connectivity index (χ3v) is 3.93. The fraction of sp³-hybridized carbons (Fsp3) is 0.923. The summed E-state index contributed by atoms with van der Waals surface area (Å²) in [5.41, 5.74) is 5.80. The number of rotatable bonds is 5. The highest BCUT2D eigenvalue weighted by molar-refractivity contribution is 5.79. The molecular formula is C13H27N3O2. The molecule has 5 nitrogen and oxygen atoms in total. The first-order valence-electron chi connectivity index (χ1n) is 6.82. The molecule has 0 saturated carbocycles. The third kappa shape index (κ3) is 3.93. The van der Waals surface area contributed by atoms with Gasteiger partial charge in [0.1, 0.15) is 0 Å². The fourth-order valence-electron chi connectivity index (χ4n) is 2.37. The van der Waals surface area contributed by atoms with E-state index in [1.54, 1.807) is 0 Å². The molecule has 1 rings (SSSR count). The summed E-state index contributed by atoms with van der Waals surface area (Å²) in [4.78, 5) is 16.5. The first kappa shape index (κ1) is 15.4. The summed E-state index contributed by atoms with van der Waals surface area (Å²) in [6.07, 6.45) is 1.96. The molecule has 2 atom stereocenters. The van der Waals surface area contributed by atoms with Crippen LogP contribution < -0.4 is 5.73 Å². The number of piperidine rings is 1. The minimum atomic E-state index is -0.184. The molecule has 1 heterocycles. The van der Waals surface area contributed by atoms with Gasteiger partial charge in [0.05, 0.1) is 12.5 Å². The number of aliphatic hydroxyl groups is 1. The Bertz CT molecular complexity index is 263. The number of amides is 1. The van der Waals surface area contributed by atoms with Gasteiger partial charge in [-0.1, -0.05) is 6.92 Å². The highest BCUT2D eigenvalue weighted by Crippen LogP contribution is 2.18. The van der Waals surface area contributed by atoms with E-state index in [0.717, 1.165) is 25.9 Å². The van der Waals surface area contributed by atoms with Crippen LogP contribution in [-0.2, 0) is 4.79 Å². The molecule has 5 heteroatoms. The summed E-state index contributed by atoms with van der Waals surface area (Å²) in [6.45, 7) is 6.17. The first-order valence-corrected chi connectivity index (χ1v) is 6.82. The van der Waals surface area contributed by atoms with Crippen molar-refractivity contribution in [3.05, 3.63) is 0 Å². The van der Waals surface area contributed by atoms with Gasteiger partial charge in [-0.2, -0.15) is 0 Å². The lowest BCUT2D eigenvalue weighted by Crippen LogP contribution is -2.51. The molecule has 106 valence electrons. The van der Waals surface area contributed by atoms with Crippen LogP contribution in [0.3, 0.4) is 0 Å². The van der Waals surface area contributed by atoms with Crippen LogP contribution in [0.4, 0.5) is 0 Å². The van der Waals surface area contributed by atoms with Crippen molar-refractivity contribution in [1.82, 2.24) is 9.80 Å². The van der Waals surface area contributed by atoms with Crippen molar-refractivity contribution in [3.63, 3.8) is 0 Å². The number of carbonyl (C=O) groups excluding carboxylic acids is 1. The van der Waals surface area contributed by atoms with Crippen LogP contribution in [0.15, 0.2) is 0 Å². The number of likely N-dealkylation sites (tertiary alicyclic amines) is 1. The molecule has 1 amide bonds. The zero-order valence-electron chi connectivity index (χ0n) is 11.8. The molecule has 1 aliphatic rings. The lowest BCUT2D eigenvalue weighted by Gasteiger charge is -2.38. The van der Waals surface area contributed by atoms with Gasteiger partial charge in [0, 0.05) is 18.6 Å². The molecule has 1 saturated heterocycles. The predicted molar refractivity (Wildman–Crippen MR) is 72.1 cm³/mol. The fourth-order valence-corrected chi connectivity index (χ4v) is 2.37. The standard InChI is InChI=1S/C13H27N3O2/c1-10(11(2)14)13(18)16(8-9-17)12-4-6-15(3)7-5-12/h10-12,17H,4-9,14H2,1-3H3. The molecule has 0 bridgehead atoms. The number of nitrogens with two attached hydrogens (primary N) is 1. The number of aliphatic hydroxyl groups excluding tert-OH is 1. The van der Waals surface area contributed by atoms with Crippen molar-refractivity contribution in [2.24, 2.45) is 11.7 Å². The van der Waals surface area contributed by atoms with Crippen LogP contribution in [0.25, 0.3) is 0 Å². The van der Waals surface area contributed by atoms with E-state index in [9.17, 15) is 4.79 Å². The summed E-state index contributed by atoms with van der Waals surface area (Å²) in [5, 5.41) is 9.15. The summed E-state index contributed by atoms with van der Waals surface area (Å²) >= 11 is 0. The molecule has 0 aliphatic carbocycles. The topological polar surface area (TPSA) is 69.8 Å². The van der Waals surface area contributed by atoms with Gasteiger partial charge in [-0.15, -0.1) is 0 Å². The molecule has 1 fully saturated rings. The van der Waals surface area contributed by atoms with Gasteiger partial charge in [0.2, 0.25) is 5.91 Å². The van der Waals surface area contributed by atoms with Crippen LogP contribution in [0, 0.1) is 5.92 Å². The number of hydrogen-bond donors (Lipinski definition) is 2. The van der Waals surface area contributed by atoms with Crippen LogP contribution >= 0.6 is 0 Å². The molecule has 0 spiro atoms. The lowest BCUT2D eigenvalue weighted by molar-refractivity contribution is -0.139. The monoisotopic (exact) mass is 257 g/mol. The smallest absolute Gasteiger partial charge is 0.227 e. The average Bonchev–Trinajstić information content (AvgIpc) is 2.35. The van der Waals surface area contributed by atoms with Gasteiger partial charge >= 0.3 is 0 Å². The second-order valence-corrected chi connectivity index (χ2v) is 5.44. The summed E-state index contributed by atoms with van der Waals surface area (Å²) in [6, 6.07) is 0.104. The molecule has 1 aliphatic heterocycles. The molecule has 2 unspecified atom stereocenters. The molecule has 0 radical (unpaired) electrons. The largest absolute Gasteiger partial charge is 0.395 e. The van der Waals surface area contributed by atoms with E-state index in [0.29, 0.717) is 6.54 Å². The second-order valence-electron chi connectivity index (χ2n) is 5.44. The quantitative estimate of drug-likeness (QED) is 0.721. The van der Waals surface area contributed by atoms with Crippen LogP contribution in [-0.4, -0.2) is 66.2 Å². The van der Waals surface area contributed by atoms with Gasteiger partial charge in [-0.05, 0) is 39.9 Å². The molecule has 18 heavy (non-hydrogen) atoms. The van der Waals surface area contributed by atoms with Crippen molar-refractivity contribution in [2.45, 2.75) is 38.8 Å². The van der Waals surface area contributed by atoms with Crippen LogP contribution in [0.5, 0.6) is 0 Å². The molecular weight excluding hydrogens is 230 g/mol. The second kappa shape index (κ2) is 7.07. The minimum absolute atomic E-state index is 0.0176. The summed E-state index contributed by atoms with van der Waals surface area (Å²) < 4.78 is 0. The molecule has 0 aromatic heterocycles. The Morgan fingerprint density at radius 1 is 1.44 bits per heavy atom. The van der Waals surface area contributed by atoms with Gasteiger partial charge in [0.25, 0.3) is 0 Å². The Hall–Kier alpha value is -0.650. The molecule has 0 aromatic rings. The lowest BCUT2D eigenvalue weighted by atomic mass is 9.98. The Labute approximate surface area is 110 Å². The average molecular weight is 257 g/mol. The maximum Gasteiger partial charge on any atom is 0.227 e. The van der Waals surface area contributed by atoms with Crippen LogP contribution in [0.1, 0.15) is 26.7 Å². The van der Waals surface area contributed by atoms with E-state index in [1.807, 2.05) is 18.7 Å². The Kier molecular flexibility index (Phi) is 6.05. The summed E-state index contributed by atoms with van der Waals surface area (Å²) in [7, 11) is 2.10. The number of nitrogens with zero attached hydrogens (tertiary/aromatic N) is 2.